The van der Waals surface area contributed by atoms with Crippen LogP contribution in [0.4, 0.5) is 0 Å². The van der Waals surface area contributed by atoms with Gasteiger partial charge in [-0.15, -0.1) is 35.3 Å². The van der Waals surface area contributed by atoms with Crippen molar-refractivity contribution in [3.8, 4) is 0 Å². The minimum atomic E-state index is 0. The minimum absolute atomic E-state index is 0. The summed E-state index contributed by atoms with van der Waals surface area (Å²) in [7, 11) is 0. The SMILES string of the molecule is CCNC(=NCCC(CC)N1CCCC1=O)NC(C)Cc1ccc(C)s1.I. The fourth-order valence-corrected chi connectivity index (χ4v) is 4.48. The van der Waals surface area contributed by atoms with Crippen molar-refractivity contribution in [3.05, 3.63) is 21.9 Å². The molecule has 0 bridgehead atoms. The summed E-state index contributed by atoms with van der Waals surface area (Å²) in [5.41, 5.74) is 0. The quantitative estimate of drug-likeness (QED) is 0.303. The third kappa shape index (κ3) is 7.97. The smallest absolute Gasteiger partial charge is 0.222 e. The van der Waals surface area contributed by atoms with Crippen LogP contribution in [0.15, 0.2) is 17.1 Å². The Morgan fingerprint density at radius 2 is 2.15 bits per heavy atom. The van der Waals surface area contributed by atoms with E-state index in [4.69, 9.17) is 4.99 Å². The molecule has 1 saturated heterocycles. The number of carbonyl (C=O) groups is 1. The molecule has 0 aliphatic carbocycles. The summed E-state index contributed by atoms with van der Waals surface area (Å²) in [5, 5.41) is 6.85. The van der Waals surface area contributed by atoms with E-state index in [1.54, 1.807) is 0 Å². The molecular formula is C20H35IN4OS. The molecule has 5 nitrogen and oxygen atoms in total. The number of hydrogen-bond donors (Lipinski definition) is 2. The van der Waals surface area contributed by atoms with E-state index in [9.17, 15) is 4.79 Å². The predicted octanol–water partition coefficient (Wildman–Crippen LogP) is 3.95. The molecule has 1 aromatic rings. The van der Waals surface area contributed by atoms with E-state index in [-0.39, 0.29) is 24.0 Å². The largest absolute Gasteiger partial charge is 0.357 e. The van der Waals surface area contributed by atoms with Gasteiger partial charge in [-0.3, -0.25) is 9.79 Å². The second-order valence-corrected chi connectivity index (χ2v) is 8.44. The molecule has 0 saturated carbocycles. The van der Waals surface area contributed by atoms with Crippen LogP contribution in [0.25, 0.3) is 0 Å². The lowest BCUT2D eigenvalue weighted by Crippen LogP contribution is -2.43. The number of aliphatic imine (C=N–C) groups is 1. The summed E-state index contributed by atoms with van der Waals surface area (Å²) in [4.78, 5) is 21.5. The van der Waals surface area contributed by atoms with Crippen molar-refractivity contribution >= 4 is 47.2 Å². The molecule has 0 spiro atoms. The predicted molar refractivity (Wildman–Crippen MR) is 126 cm³/mol. The number of thiophene rings is 1. The number of amides is 1. The van der Waals surface area contributed by atoms with Crippen LogP contribution < -0.4 is 10.6 Å². The lowest BCUT2D eigenvalue weighted by molar-refractivity contribution is -0.129. The summed E-state index contributed by atoms with van der Waals surface area (Å²) >= 11 is 1.86. The van der Waals surface area contributed by atoms with E-state index < -0.39 is 0 Å². The first kappa shape index (κ1) is 24.2. The molecule has 1 aliphatic rings. The summed E-state index contributed by atoms with van der Waals surface area (Å²) < 4.78 is 0. The highest BCUT2D eigenvalue weighted by Crippen LogP contribution is 2.18. The maximum atomic E-state index is 12.0. The van der Waals surface area contributed by atoms with Crippen molar-refractivity contribution in [2.45, 2.75) is 71.9 Å². The van der Waals surface area contributed by atoms with Gasteiger partial charge in [0.05, 0.1) is 0 Å². The number of aryl methyl sites for hydroxylation is 1. The Labute approximate surface area is 185 Å². The normalized spacial score (nSPS) is 16.8. The topological polar surface area (TPSA) is 56.7 Å². The van der Waals surface area contributed by atoms with Crippen LogP contribution in [-0.2, 0) is 11.2 Å². The Kier molecular flexibility index (Phi) is 11.3. The highest BCUT2D eigenvalue weighted by molar-refractivity contribution is 14.0. The van der Waals surface area contributed by atoms with Crippen LogP contribution in [0.2, 0.25) is 0 Å². The number of nitrogens with zero attached hydrogens (tertiary/aromatic N) is 2. The number of carbonyl (C=O) groups excluding carboxylic acids is 1. The fourth-order valence-electron chi connectivity index (χ4n) is 3.46. The van der Waals surface area contributed by atoms with Gasteiger partial charge in [0, 0.05) is 54.3 Å². The maximum absolute atomic E-state index is 12.0. The Morgan fingerprint density at radius 1 is 1.37 bits per heavy atom. The number of guanidine groups is 1. The second kappa shape index (κ2) is 12.6. The van der Waals surface area contributed by atoms with E-state index in [2.05, 4.69) is 55.4 Å². The van der Waals surface area contributed by atoms with Crippen LogP contribution in [0, 0.1) is 6.92 Å². The number of halogens is 1. The molecule has 2 rings (SSSR count). The zero-order valence-corrected chi connectivity index (χ0v) is 20.2. The molecule has 2 unspecified atom stereocenters. The molecule has 1 aliphatic heterocycles. The van der Waals surface area contributed by atoms with Crippen molar-refractivity contribution < 1.29 is 4.79 Å². The van der Waals surface area contributed by atoms with Crippen molar-refractivity contribution in [3.63, 3.8) is 0 Å². The summed E-state index contributed by atoms with van der Waals surface area (Å²) in [6.07, 6.45) is 4.64. The number of rotatable bonds is 9. The van der Waals surface area contributed by atoms with Gasteiger partial charge in [-0.2, -0.15) is 0 Å². The van der Waals surface area contributed by atoms with Crippen molar-refractivity contribution in [2.24, 2.45) is 4.99 Å². The third-order valence-electron chi connectivity index (χ3n) is 4.78. The minimum Gasteiger partial charge on any atom is -0.357 e. The van der Waals surface area contributed by atoms with Crippen LogP contribution in [0.1, 0.15) is 56.2 Å². The zero-order valence-electron chi connectivity index (χ0n) is 17.1. The summed E-state index contributed by atoms with van der Waals surface area (Å²) in [6.45, 7) is 11.1. The molecule has 154 valence electrons. The molecular weight excluding hydrogens is 471 g/mol. The molecule has 7 heteroatoms. The zero-order chi connectivity index (χ0) is 18.9. The first-order chi connectivity index (χ1) is 12.5. The molecule has 27 heavy (non-hydrogen) atoms. The van der Waals surface area contributed by atoms with Crippen LogP contribution in [-0.4, -0.2) is 48.5 Å². The van der Waals surface area contributed by atoms with Gasteiger partial charge in [0.25, 0.3) is 0 Å². The van der Waals surface area contributed by atoms with E-state index in [1.807, 2.05) is 11.3 Å². The first-order valence-electron chi connectivity index (χ1n) is 9.93. The lowest BCUT2D eigenvalue weighted by atomic mass is 10.1. The van der Waals surface area contributed by atoms with E-state index in [1.165, 1.54) is 9.75 Å². The highest BCUT2D eigenvalue weighted by Gasteiger charge is 2.26. The van der Waals surface area contributed by atoms with E-state index in [0.29, 0.717) is 24.4 Å². The Bertz CT molecular complexity index is 605. The summed E-state index contributed by atoms with van der Waals surface area (Å²) in [6, 6.07) is 5.04. The second-order valence-electron chi connectivity index (χ2n) is 7.06. The number of nitrogens with one attached hydrogen (secondary N) is 2. The lowest BCUT2D eigenvalue weighted by Gasteiger charge is -2.26. The molecule has 1 aromatic heterocycles. The number of likely N-dealkylation sites (tertiary alicyclic amines) is 1. The first-order valence-corrected chi connectivity index (χ1v) is 10.7. The van der Waals surface area contributed by atoms with Crippen molar-refractivity contribution in [1.29, 1.82) is 0 Å². The van der Waals surface area contributed by atoms with Crippen molar-refractivity contribution in [2.75, 3.05) is 19.6 Å². The van der Waals surface area contributed by atoms with Crippen LogP contribution in [0.5, 0.6) is 0 Å². The molecule has 1 amide bonds. The van der Waals surface area contributed by atoms with Gasteiger partial charge in [0.2, 0.25) is 5.91 Å². The Balaban J connectivity index is 0.00000364. The average molecular weight is 506 g/mol. The van der Waals surface area contributed by atoms with Crippen LogP contribution in [0.3, 0.4) is 0 Å². The Hall–Kier alpha value is -0.830. The van der Waals surface area contributed by atoms with Gasteiger partial charge < -0.3 is 15.5 Å². The van der Waals surface area contributed by atoms with Gasteiger partial charge in [0.15, 0.2) is 5.96 Å². The van der Waals surface area contributed by atoms with Gasteiger partial charge in [-0.05, 0) is 52.2 Å². The summed E-state index contributed by atoms with van der Waals surface area (Å²) in [5.74, 6) is 1.18. The molecule has 0 radical (unpaired) electrons. The monoisotopic (exact) mass is 506 g/mol. The van der Waals surface area contributed by atoms with Gasteiger partial charge >= 0.3 is 0 Å². The fraction of sp³-hybridized carbons (Fsp3) is 0.700. The average Bonchev–Trinajstić information content (AvgIpc) is 3.20. The van der Waals surface area contributed by atoms with Gasteiger partial charge in [-0.25, -0.2) is 0 Å². The van der Waals surface area contributed by atoms with Crippen molar-refractivity contribution in [1.82, 2.24) is 15.5 Å². The molecule has 2 N–H and O–H groups in total. The molecule has 2 heterocycles. The standard InChI is InChI=1S/C20H34N4OS.HI/c1-5-17(24-13-7-8-19(24)25)11-12-22-20(21-6-2)23-15(3)14-18-10-9-16(4)26-18;/h9-10,15,17H,5-8,11-14H2,1-4H3,(H2,21,22,23);1H. The van der Waals surface area contributed by atoms with Gasteiger partial charge in [0.1, 0.15) is 0 Å². The van der Waals surface area contributed by atoms with Crippen LogP contribution >= 0.6 is 35.3 Å². The highest BCUT2D eigenvalue weighted by atomic mass is 127. The maximum Gasteiger partial charge on any atom is 0.222 e. The number of hydrogen-bond acceptors (Lipinski definition) is 3. The van der Waals surface area contributed by atoms with Gasteiger partial charge in [-0.1, -0.05) is 6.92 Å². The van der Waals surface area contributed by atoms with E-state index in [0.717, 1.165) is 51.3 Å². The molecule has 0 aromatic carbocycles. The van der Waals surface area contributed by atoms with E-state index >= 15 is 0 Å². The molecule has 2 atom stereocenters. The molecule has 1 fully saturated rings. The third-order valence-corrected chi connectivity index (χ3v) is 5.81. The Morgan fingerprint density at radius 3 is 2.70 bits per heavy atom.